The Morgan fingerprint density at radius 2 is 1.06 bits per heavy atom. The van der Waals surface area contributed by atoms with Crippen LogP contribution in [0, 0.1) is 6.92 Å². The molecular weight excluding hydrogens is 1220 g/mol. The van der Waals surface area contributed by atoms with Crippen molar-refractivity contribution in [2.75, 3.05) is 49.4 Å². The Kier molecular flexibility index (Phi) is 18.5. The third kappa shape index (κ3) is 15.0. The molecule has 14 atom stereocenters. The summed E-state index contributed by atoms with van der Waals surface area (Å²) in [7, 11) is -19.7. The summed E-state index contributed by atoms with van der Waals surface area (Å²) >= 11 is 0. The topological polar surface area (TPSA) is 603 Å². The van der Waals surface area contributed by atoms with E-state index in [0.29, 0.717) is 16.7 Å². The number of rotatable bonds is 20. The van der Waals surface area contributed by atoms with Gasteiger partial charge in [0, 0.05) is 43.6 Å². The molecule has 0 aliphatic carbocycles. The van der Waals surface area contributed by atoms with Gasteiger partial charge in [-0.25, -0.2) is 47.8 Å². The lowest BCUT2D eigenvalue weighted by Crippen LogP contribution is -2.30. The van der Waals surface area contributed by atoms with E-state index in [4.69, 9.17) is 79.6 Å². The number of hydrogen-bond donors (Lipinski definition) is 13. The van der Waals surface area contributed by atoms with Gasteiger partial charge in [-0.15, -0.1) is 0 Å². The van der Waals surface area contributed by atoms with E-state index in [0.717, 1.165) is 9.13 Å². The number of phosphoric acid groups is 4. The van der Waals surface area contributed by atoms with Crippen LogP contribution in [0.3, 0.4) is 0 Å². The molecule has 4 fully saturated rings. The number of aryl methyl sites for hydroxylation is 1. The minimum absolute atomic E-state index is 0.0122. The van der Waals surface area contributed by atoms with Gasteiger partial charge in [0.1, 0.15) is 85.0 Å². The number of fused-ring (bicyclic) bond motifs is 2. The third-order valence-corrected chi connectivity index (χ3v) is 16.0. The van der Waals surface area contributed by atoms with Crippen LogP contribution in [0.5, 0.6) is 0 Å². The predicted molar refractivity (Wildman–Crippen MR) is 276 cm³/mol. The summed E-state index contributed by atoms with van der Waals surface area (Å²) in [5.74, 6) is -0.0727. The molecule has 0 saturated carbocycles. The summed E-state index contributed by atoms with van der Waals surface area (Å²) in [5.41, 5.74) is 21.6. The number of imidazole rings is 2. The van der Waals surface area contributed by atoms with Crippen molar-refractivity contribution < 1.29 is 104 Å². The molecule has 0 radical (unpaired) electrons. The van der Waals surface area contributed by atoms with Crippen LogP contribution < -0.4 is 39.9 Å². The number of nitrogens with zero attached hydrogens (tertiary/aromatic N) is 11. The summed E-state index contributed by atoms with van der Waals surface area (Å²) in [5, 5.41) is 21.0. The number of anilines is 4. The predicted octanol–water partition coefficient (Wildman–Crippen LogP) is -2.81. The van der Waals surface area contributed by atoms with Crippen LogP contribution in [0.25, 0.3) is 22.3 Å². The molecule has 10 rings (SSSR count). The molecule has 6 aromatic rings. The molecule has 0 spiro atoms. The van der Waals surface area contributed by atoms with Crippen LogP contribution in [-0.2, 0) is 64.4 Å². The van der Waals surface area contributed by atoms with Crippen molar-refractivity contribution in [2.45, 2.75) is 106 Å². The van der Waals surface area contributed by atoms with Crippen LogP contribution in [0.2, 0.25) is 0 Å². The average molecular weight is 1270 g/mol. The molecule has 0 amide bonds. The van der Waals surface area contributed by atoms with Crippen molar-refractivity contribution >= 4 is 77.0 Å². The van der Waals surface area contributed by atoms with Gasteiger partial charge >= 0.3 is 42.7 Å². The zero-order valence-electron chi connectivity index (χ0n) is 43.1. The van der Waals surface area contributed by atoms with Crippen LogP contribution in [0.1, 0.15) is 56.2 Å². The maximum atomic E-state index is 12.9. The second kappa shape index (κ2) is 24.8. The first-order chi connectivity index (χ1) is 39.4. The Hall–Kier alpha value is -5.94. The van der Waals surface area contributed by atoms with Gasteiger partial charge in [0.25, 0.3) is 5.56 Å². The summed E-state index contributed by atoms with van der Waals surface area (Å²) in [6, 6.07) is 1.31. The van der Waals surface area contributed by atoms with Gasteiger partial charge in [-0.3, -0.25) is 55.2 Å². The molecule has 2 unspecified atom stereocenters. The Morgan fingerprint density at radius 1 is 0.583 bits per heavy atom. The number of nitrogens with one attached hydrogen (secondary N) is 1. The molecule has 4 aliphatic heterocycles. The number of hydrogen-bond acceptors (Lipinski definition) is 30. The SMILES string of the molecule is Cc1cn([C@H]2C[C@H](OP(=O)(O)OC[C@H]3O[C@@H](n4cnc5c(=O)[nH]c(N)nc54)C[C@@H]3O)[C@@H](COP(=O)(O)O)O2)c(=O)nc1N.Nc1ccn([C@H]2C[C@H](OP(=O)(O)OC[C@H]3O[C@@H](n4cnc5c(N)ncnc54)C[C@@H]3O)[C@@H](COP(=O)(O)O)O2)c(=O)n1. The van der Waals surface area contributed by atoms with Crippen molar-refractivity contribution in [3.63, 3.8) is 0 Å². The van der Waals surface area contributed by atoms with E-state index in [1.165, 1.54) is 46.6 Å². The van der Waals surface area contributed by atoms with Gasteiger partial charge in [-0.1, -0.05) is 0 Å². The molecule has 45 heteroatoms. The van der Waals surface area contributed by atoms with Gasteiger partial charge in [0.2, 0.25) is 5.95 Å². The first kappa shape index (κ1) is 62.6. The van der Waals surface area contributed by atoms with Gasteiger partial charge in [-0.05, 0) is 13.0 Å². The number of phosphoric ester groups is 4. The van der Waals surface area contributed by atoms with Crippen LogP contribution in [0.15, 0.2) is 51.8 Å². The molecule has 10 heterocycles. The Bertz CT molecular complexity index is 3770. The Morgan fingerprint density at radius 3 is 1.60 bits per heavy atom. The summed E-state index contributed by atoms with van der Waals surface area (Å²) < 4.78 is 106. The number of aromatic amines is 1. The third-order valence-electron chi connectivity index (χ3n) is 13.0. The maximum Gasteiger partial charge on any atom is 0.472 e. The number of ether oxygens (including phenoxy) is 4. The maximum absolute atomic E-state index is 12.9. The van der Waals surface area contributed by atoms with Crippen LogP contribution in [0.4, 0.5) is 23.4 Å². The molecule has 4 saturated heterocycles. The Balaban J connectivity index is 0.000000202. The molecule has 0 bridgehead atoms. The standard InChI is InChI=1S/C20H28N8O13P2.C19H26N8O12P2/c1-8-4-27(20(31)24-16(8)21)14-3-10(12(40-14)6-37-42(32,33)34)41-43(35,36)38-5-11-9(29)2-13(39-11)28-7-23-15-17(28)25-19(22)26-18(15)30;20-13-1-2-26(19(29)25-13)15-4-10(12(38-15)6-35-40(30,31)32)39-41(33,34)36-5-11-9(28)3-14(37-11)27-8-24-16-17(21)22-7-23-18(16)27/h4,7,9-14,29H,2-3,5-6H2,1H3,(H,35,36)(H2,21,24,31)(H2,32,33,34)(H3,22,25,26,30);1-2,7-12,14-15,28H,3-6H2,(H,33,34)(H2,20,25,29)(H2,21,22,23)(H2,30,31,32)/t9-,10-,11+,12+,13+,14+;9-,10-,11+,12+,14+,15+/m00/s1. The lowest BCUT2D eigenvalue weighted by molar-refractivity contribution is -0.0559. The van der Waals surface area contributed by atoms with E-state index in [2.05, 4.69) is 48.9 Å². The number of aliphatic hydroxyl groups excluding tert-OH is 2. The van der Waals surface area contributed by atoms with Crippen molar-refractivity contribution in [3.8, 4) is 0 Å². The van der Waals surface area contributed by atoms with E-state index >= 15 is 0 Å². The van der Waals surface area contributed by atoms with Gasteiger partial charge < -0.3 is 81.5 Å². The average Bonchev–Trinajstić information content (AvgIpc) is 3.01. The lowest BCUT2D eigenvalue weighted by atomic mass is 10.2. The summed E-state index contributed by atoms with van der Waals surface area (Å²) in [6.45, 7) is -1.14. The zero-order chi connectivity index (χ0) is 60.8. The highest BCUT2D eigenvalue weighted by Crippen LogP contribution is 2.51. The van der Waals surface area contributed by atoms with Crippen molar-refractivity contribution in [1.82, 2.24) is 58.1 Å². The largest absolute Gasteiger partial charge is 0.472 e. The fourth-order valence-corrected chi connectivity index (χ4v) is 11.7. The quantitative estimate of drug-likeness (QED) is 0.0343. The highest BCUT2D eigenvalue weighted by Gasteiger charge is 2.47. The van der Waals surface area contributed by atoms with Crippen molar-refractivity contribution in [2.24, 2.45) is 0 Å². The molecule has 17 N–H and O–H groups in total. The highest BCUT2D eigenvalue weighted by atomic mass is 31.2. The van der Waals surface area contributed by atoms with E-state index in [-0.39, 0.29) is 60.2 Å². The van der Waals surface area contributed by atoms with Gasteiger partial charge in [0.15, 0.2) is 22.6 Å². The first-order valence-electron chi connectivity index (χ1n) is 24.4. The fraction of sp³-hybridized carbons (Fsp3) is 0.538. The molecule has 460 valence electrons. The smallest absolute Gasteiger partial charge is 0.390 e. The van der Waals surface area contributed by atoms with E-state index in [1.807, 2.05) is 0 Å². The second-order valence-electron chi connectivity index (χ2n) is 18.9. The minimum Gasteiger partial charge on any atom is -0.390 e. The van der Waals surface area contributed by atoms with E-state index in [1.54, 1.807) is 6.92 Å². The zero-order valence-corrected chi connectivity index (χ0v) is 46.7. The molecule has 41 nitrogen and oxygen atoms in total. The molecule has 0 aromatic carbocycles. The highest BCUT2D eigenvalue weighted by molar-refractivity contribution is 7.47. The second-order valence-corrected chi connectivity index (χ2v) is 24.2. The normalized spacial score (nSPS) is 27.9. The van der Waals surface area contributed by atoms with Crippen molar-refractivity contribution in [1.29, 1.82) is 0 Å². The van der Waals surface area contributed by atoms with Gasteiger partial charge in [-0.2, -0.15) is 15.0 Å². The molecule has 84 heavy (non-hydrogen) atoms. The van der Waals surface area contributed by atoms with E-state index < -0.39 is 148 Å². The number of nitrogens with two attached hydrogens (primary N) is 4. The minimum atomic E-state index is -4.97. The van der Waals surface area contributed by atoms with Crippen LogP contribution >= 0.6 is 31.3 Å². The number of aliphatic hydroxyl groups is 2. The Labute approximate surface area is 468 Å². The number of aromatic nitrogens is 12. The monoisotopic (exact) mass is 1270 g/mol. The fourth-order valence-electron chi connectivity index (χ4n) is 9.08. The first-order valence-corrected chi connectivity index (χ1v) is 30.5. The van der Waals surface area contributed by atoms with Crippen molar-refractivity contribution in [3.05, 3.63) is 74.3 Å². The molecular formula is C39H54N16O25P4. The summed E-state index contributed by atoms with van der Waals surface area (Å²) in [4.78, 5) is 124. The van der Waals surface area contributed by atoms with Gasteiger partial charge in [0.05, 0.1) is 51.3 Å². The molecule has 4 aliphatic rings. The lowest BCUT2D eigenvalue weighted by Gasteiger charge is -2.22. The van der Waals surface area contributed by atoms with E-state index in [9.17, 15) is 52.6 Å². The summed E-state index contributed by atoms with van der Waals surface area (Å²) in [6.07, 6.45) is -7.52. The number of nitrogen functional groups attached to an aromatic ring is 4. The molecule has 6 aromatic heterocycles. The van der Waals surface area contributed by atoms with Crippen LogP contribution in [-0.4, -0.2) is 173 Å². The number of H-pyrrole nitrogens is 1.